The summed E-state index contributed by atoms with van der Waals surface area (Å²) in [4.78, 5) is 34.7. The molecule has 0 N–H and O–H groups in total. The SMILES string of the molecule is Cc1ccc(N2C[C@]34C=C[C@H](O3)[C@@H](C(=O)N(C)Cc3nccn3C)[C@@H]4C2=O)cc1C. The molecule has 2 aromatic rings. The third-order valence-electron chi connectivity index (χ3n) is 6.86. The number of hydrogen-bond acceptors (Lipinski definition) is 4. The van der Waals surface area contributed by atoms with Crippen LogP contribution in [0.2, 0.25) is 0 Å². The molecule has 5 rings (SSSR count). The van der Waals surface area contributed by atoms with Crippen LogP contribution in [0.1, 0.15) is 17.0 Å². The maximum atomic E-state index is 13.5. The van der Waals surface area contributed by atoms with Crippen LogP contribution >= 0.6 is 0 Å². The molecule has 2 amide bonds. The number of ether oxygens (including phenoxy) is 1. The minimum atomic E-state index is -0.717. The van der Waals surface area contributed by atoms with Gasteiger partial charge in [-0.25, -0.2) is 4.98 Å². The summed E-state index contributed by atoms with van der Waals surface area (Å²) in [5.41, 5.74) is 2.47. The number of benzene rings is 1. The van der Waals surface area contributed by atoms with Crippen molar-refractivity contribution in [3.8, 4) is 0 Å². The fraction of sp³-hybridized carbons (Fsp3) is 0.435. The highest BCUT2D eigenvalue weighted by molar-refractivity contribution is 6.03. The Hall–Kier alpha value is -2.93. The second-order valence-corrected chi connectivity index (χ2v) is 8.74. The van der Waals surface area contributed by atoms with E-state index < -0.39 is 17.4 Å². The largest absolute Gasteiger partial charge is 0.360 e. The van der Waals surface area contributed by atoms with Gasteiger partial charge in [0.2, 0.25) is 11.8 Å². The van der Waals surface area contributed by atoms with Crippen molar-refractivity contribution in [2.45, 2.75) is 32.1 Å². The first-order chi connectivity index (χ1) is 14.3. The van der Waals surface area contributed by atoms with Crippen molar-refractivity contribution >= 4 is 17.5 Å². The average molecular weight is 406 g/mol. The lowest BCUT2D eigenvalue weighted by Gasteiger charge is -2.27. The lowest BCUT2D eigenvalue weighted by Crippen LogP contribution is -2.44. The van der Waals surface area contributed by atoms with Crippen LogP contribution in [0.5, 0.6) is 0 Å². The van der Waals surface area contributed by atoms with Crippen molar-refractivity contribution in [2.75, 3.05) is 18.5 Å². The van der Waals surface area contributed by atoms with Crippen LogP contribution in [0.25, 0.3) is 0 Å². The van der Waals surface area contributed by atoms with Gasteiger partial charge in [-0.2, -0.15) is 0 Å². The summed E-state index contributed by atoms with van der Waals surface area (Å²) in [6.07, 6.45) is 7.16. The van der Waals surface area contributed by atoms with E-state index in [1.807, 2.05) is 55.1 Å². The van der Waals surface area contributed by atoms with Crippen molar-refractivity contribution < 1.29 is 14.3 Å². The van der Waals surface area contributed by atoms with Gasteiger partial charge in [0.25, 0.3) is 0 Å². The van der Waals surface area contributed by atoms with Crippen LogP contribution in [0.15, 0.2) is 42.7 Å². The zero-order chi connectivity index (χ0) is 21.2. The van der Waals surface area contributed by atoms with E-state index in [9.17, 15) is 9.59 Å². The number of nitrogens with zero attached hydrogens (tertiary/aromatic N) is 4. The molecule has 4 atom stereocenters. The van der Waals surface area contributed by atoms with Gasteiger partial charge in [-0.1, -0.05) is 18.2 Å². The summed E-state index contributed by atoms with van der Waals surface area (Å²) < 4.78 is 8.15. The molecule has 0 saturated carbocycles. The molecular weight excluding hydrogens is 380 g/mol. The summed E-state index contributed by atoms with van der Waals surface area (Å²) in [5.74, 6) is -0.312. The standard InChI is InChI=1S/C23H26N4O3/c1-14-5-6-16(11-15(14)2)27-13-23-8-7-17(30-23)19(20(23)22(27)29)21(28)26(4)12-18-24-9-10-25(18)3/h5-11,17,19-20H,12-13H2,1-4H3/t17-,19+,20+,23-/m0/s1. The highest BCUT2D eigenvalue weighted by atomic mass is 16.5. The van der Waals surface area contributed by atoms with E-state index in [-0.39, 0.29) is 17.9 Å². The molecule has 156 valence electrons. The Balaban J connectivity index is 1.43. The van der Waals surface area contributed by atoms with Crippen molar-refractivity contribution in [3.05, 3.63) is 59.7 Å². The number of rotatable bonds is 4. The number of carbonyl (C=O) groups excluding carboxylic acids is 2. The molecule has 1 spiro atoms. The van der Waals surface area contributed by atoms with Crippen LogP contribution in [0.3, 0.4) is 0 Å². The van der Waals surface area contributed by atoms with Crippen LogP contribution < -0.4 is 4.90 Å². The van der Waals surface area contributed by atoms with Gasteiger partial charge in [0.05, 0.1) is 31.0 Å². The van der Waals surface area contributed by atoms with Gasteiger partial charge in [-0.05, 0) is 37.1 Å². The Bertz CT molecular complexity index is 1070. The molecule has 3 aliphatic heterocycles. The molecule has 0 unspecified atom stereocenters. The molecule has 3 aliphatic rings. The fourth-order valence-corrected chi connectivity index (χ4v) is 4.99. The fourth-order valence-electron chi connectivity index (χ4n) is 4.99. The van der Waals surface area contributed by atoms with Crippen LogP contribution in [-0.2, 0) is 27.9 Å². The van der Waals surface area contributed by atoms with Crippen LogP contribution in [-0.4, -0.2) is 51.6 Å². The minimum Gasteiger partial charge on any atom is -0.360 e. The molecule has 7 nitrogen and oxygen atoms in total. The second kappa shape index (κ2) is 6.54. The van der Waals surface area contributed by atoms with E-state index >= 15 is 0 Å². The lowest BCUT2D eigenvalue weighted by atomic mass is 9.76. The number of aryl methyl sites for hydroxylation is 3. The third kappa shape index (κ3) is 2.65. The molecule has 2 bridgehead atoms. The van der Waals surface area contributed by atoms with Gasteiger partial charge < -0.3 is 19.1 Å². The van der Waals surface area contributed by atoms with E-state index in [2.05, 4.69) is 11.9 Å². The molecule has 30 heavy (non-hydrogen) atoms. The first kappa shape index (κ1) is 19.1. The predicted octanol–water partition coefficient (Wildman–Crippen LogP) is 1.98. The maximum absolute atomic E-state index is 13.5. The number of fused-ring (bicyclic) bond motifs is 1. The predicted molar refractivity (Wildman–Crippen MR) is 112 cm³/mol. The number of imidazole rings is 1. The normalized spacial score (nSPS) is 29.0. The maximum Gasteiger partial charge on any atom is 0.234 e. The summed E-state index contributed by atoms with van der Waals surface area (Å²) in [6, 6.07) is 6.03. The Morgan fingerprint density at radius 2 is 2.13 bits per heavy atom. The van der Waals surface area contributed by atoms with Gasteiger partial charge in [0.1, 0.15) is 11.4 Å². The number of carbonyl (C=O) groups is 2. The molecule has 2 saturated heterocycles. The first-order valence-corrected chi connectivity index (χ1v) is 10.3. The van der Waals surface area contributed by atoms with Crippen LogP contribution in [0.4, 0.5) is 5.69 Å². The summed E-state index contributed by atoms with van der Waals surface area (Å²) in [7, 11) is 3.67. The Kier molecular flexibility index (Phi) is 4.15. The second-order valence-electron chi connectivity index (χ2n) is 8.74. The van der Waals surface area contributed by atoms with Gasteiger partial charge in [-0.3, -0.25) is 9.59 Å². The average Bonchev–Trinajstić information content (AvgIpc) is 3.46. The van der Waals surface area contributed by atoms with Crippen molar-refractivity contribution in [2.24, 2.45) is 18.9 Å². The number of aromatic nitrogens is 2. The summed E-state index contributed by atoms with van der Waals surface area (Å²) in [5, 5.41) is 0. The van der Waals surface area contributed by atoms with Crippen molar-refractivity contribution in [1.29, 1.82) is 0 Å². The van der Waals surface area contributed by atoms with E-state index in [0.717, 1.165) is 17.1 Å². The topological polar surface area (TPSA) is 67.7 Å². The number of amides is 2. The van der Waals surface area contributed by atoms with Gasteiger partial charge >= 0.3 is 0 Å². The van der Waals surface area contributed by atoms with E-state index in [0.29, 0.717) is 13.1 Å². The molecule has 1 aromatic carbocycles. The zero-order valence-corrected chi connectivity index (χ0v) is 17.7. The lowest BCUT2D eigenvalue weighted by molar-refractivity contribution is -0.139. The highest BCUT2D eigenvalue weighted by Crippen LogP contribution is 2.53. The van der Waals surface area contributed by atoms with Gasteiger partial charge in [-0.15, -0.1) is 0 Å². The summed E-state index contributed by atoms with van der Waals surface area (Å²) in [6.45, 7) is 4.93. The molecule has 7 heteroatoms. The van der Waals surface area contributed by atoms with Gasteiger partial charge in [0, 0.05) is 32.2 Å². The highest BCUT2D eigenvalue weighted by Gasteiger charge is 2.67. The molecule has 0 radical (unpaired) electrons. The van der Waals surface area contributed by atoms with E-state index in [1.54, 1.807) is 23.0 Å². The summed E-state index contributed by atoms with van der Waals surface area (Å²) >= 11 is 0. The smallest absolute Gasteiger partial charge is 0.234 e. The molecule has 1 aromatic heterocycles. The Labute approximate surface area is 175 Å². The first-order valence-electron chi connectivity index (χ1n) is 10.3. The molecule has 0 aliphatic carbocycles. The molecule has 4 heterocycles. The molecule has 2 fully saturated rings. The monoisotopic (exact) mass is 406 g/mol. The third-order valence-corrected chi connectivity index (χ3v) is 6.86. The number of anilines is 1. The quantitative estimate of drug-likeness (QED) is 0.729. The van der Waals surface area contributed by atoms with E-state index in [1.165, 1.54) is 5.56 Å². The van der Waals surface area contributed by atoms with Crippen molar-refractivity contribution in [1.82, 2.24) is 14.5 Å². The zero-order valence-electron chi connectivity index (χ0n) is 17.7. The van der Waals surface area contributed by atoms with Gasteiger partial charge in [0.15, 0.2) is 0 Å². The minimum absolute atomic E-state index is 0.0335. The Morgan fingerprint density at radius 1 is 1.33 bits per heavy atom. The van der Waals surface area contributed by atoms with Crippen molar-refractivity contribution in [3.63, 3.8) is 0 Å². The Morgan fingerprint density at radius 3 is 2.83 bits per heavy atom. The van der Waals surface area contributed by atoms with Crippen LogP contribution in [0, 0.1) is 25.7 Å². The molecular formula is C23H26N4O3. The number of hydrogen-bond donors (Lipinski definition) is 0. The van der Waals surface area contributed by atoms with E-state index in [4.69, 9.17) is 4.74 Å².